The molecule has 1 aromatic carbocycles. The second-order valence-corrected chi connectivity index (χ2v) is 5.32. The molecule has 0 saturated heterocycles. The number of nitrogens with zero attached hydrogens (tertiary/aromatic N) is 1. The van der Waals surface area contributed by atoms with Gasteiger partial charge in [0.1, 0.15) is 5.82 Å². The zero-order valence-corrected chi connectivity index (χ0v) is 11.5. The maximum Gasteiger partial charge on any atom is 0.127 e. The van der Waals surface area contributed by atoms with Crippen LogP contribution in [-0.2, 0) is 0 Å². The van der Waals surface area contributed by atoms with E-state index in [0.717, 1.165) is 12.0 Å². The van der Waals surface area contributed by atoms with Crippen molar-refractivity contribution >= 4 is 0 Å². The summed E-state index contributed by atoms with van der Waals surface area (Å²) in [5.41, 5.74) is 0.799. The molecule has 0 bridgehead atoms. The first kappa shape index (κ1) is 13.5. The van der Waals surface area contributed by atoms with E-state index in [1.807, 2.05) is 19.2 Å². The standard InChI is InChI=1S/C15H23FN2/c1-11(14-6-4-5-7-15(14)16)18(3)13-9-8-12(10-13)17-2/h4-7,11-13,17H,8-10H2,1-3H3. The van der Waals surface area contributed by atoms with Gasteiger partial charge in [-0.15, -0.1) is 0 Å². The molecule has 3 atom stereocenters. The Bertz CT molecular complexity index is 394. The second-order valence-electron chi connectivity index (χ2n) is 5.32. The summed E-state index contributed by atoms with van der Waals surface area (Å²) in [6.07, 6.45) is 3.57. The van der Waals surface area contributed by atoms with Crippen LogP contribution in [0.5, 0.6) is 0 Å². The summed E-state index contributed by atoms with van der Waals surface area (Å²) in [7, 11) is 4.13. The highest BCUT2D eigenvalue weighted by molar-refractivity contribution is 5.20. The Morgan fingerprint density at radius 2 is 2.06 bits per heavy atom. The van der Waals surface area contributed by atoms with Crippen LogP contribution in [0.4, 0.5) is 4.39 Å². The third kappa shape index (κ3) is 2.73. The second kappa shape index (κ2) is 5.81. The predicted molar refractivity (Wildman–Crippen MR) is 73.1 cm³/mol. The van der Waals surface area contributed by atoms with E-state index in [1.165, 1.54) is 12.8 Å². The van der Waals surface area contributed by atoms with Crippen LogP contribution in [0.15, 0.2) is 24.3 Å². The van der Waals surface area contributed by atoms with Gasteiger partial charge in [0.2, 0.25) is 0 Å². The molecule has 0 aliphatic heterocycles. The molecule has 0 heterocycles. The zero-order chi connectivity index (χ0) is 13.1. The Morgan fingerprint density at radius 1 is 1.33 bits per heavy atom. The Morgan fingerprint density at radius 3 is 2.67 bits per heavy atom. The monoisotopic (exact) mass is 250 g/mol. The van der Waals surface area contributed by atoms with Crippen LogP contribution < -0.4 is 5.32 Å². The minimum absolute atomic E-state index is 0.0972. The van der Waals surface area contributed by atoms with Crippen LogP contribution in [-0.4, -0.2) is 31.1 Å². The fourth-order valence-electron chi connectivity index (χ4n) is 2.94. The number of hydrogen-bond acceptors (Lipinski definition) is 2. The van der Waals surface area contributed by atoms with Crippen LogP contribution >= 0.6 is 0 Å². The zero-order valence-electron chi connectivity index (χ0n) is 11.5. The van der Waals surface area contributed by atoms with E-state index >= 15 is 0 Å². The van der Waals surface area contributed by atoms with E-state index in [2.05, 4.69) is 24.2 Å². The number of halogens is 1. The van der Waals surface area contributed by atoms with Crippen LogP contribution in [0.2, 0.25) is 0 Å². The highest BCUT2D eigenvalue weighted by atomic mass is 19.1. The molecular weight excluding hydrogens is 227 g/mol. The van der Waals surface area contributed by atoms with E-state index in [1.54, 1.807) is 12.1 Å². The van der Waals surface area contributed by atoms with Gasteiger partial charge >= 0.3 is 0 Å². The van der Waals surface area contributed by atoms with Gasteiger partial charge in [-0.05, 0) is 46.3 Å². The van der Waals surface area contributed by atoms with Crippen LogP contribution in [0, 0.1) is 5.82 Å². The Hall–Kier alpha value is -0.930. The number of hydrogen-bond donors (Lipinski definition) is 1. The molecule has 1 saturated carbocycles. The smallest absolute Gasteiger partial charge is 0.127 e. The van der Waals surface area contributed by atoms with Crippen molar-refractivity contribution in [3.05, 3.63) is 35.6 Å². The van der Waals surface area contributed by atoms with Crippen molar-refractivity contribution in [1.29, 1.82) is 0 Å². The quantitative estimate of drug-likeness (QED) is 0.884. The van der Waals surface area contributed by atoms with E-state index in [0.29, 0.717) is 12.1 Å². The Balaban J connectivity index is 2.05. The average Bonchev–Trinajstić information content (AvgIpc) is 2.86. The lowest BCUT2D eigenvalue weighted by atomic mass is 10.0. The van der Waals surface area contributed by atoms with Crippen molar-refractivity contribution in [2.24, 2.45) is 0 Å². The van der Waals surface area contributed by atoms with Gasteiger partial charge in [0, 0.05) is 23.7 Å². The van der Waals surface area contributed by atoms with E-state index in [9.17, 15) is 4.39 Å². The van der Waals surface area contributed by atoms with Crippen molar-refractivity contribution in [1.82, 2.24) is 10.2 Å². The van der Waals surface area contributed by atoms with Gasteiger partial charge in [0.15, 0.2) is 0 Å². The van der Waals surface area contributed by atoms with Crippen molar-refractivity contribution in [3.8, 4) is 0 Å². The largest absolute Gasteiger partial charge is 0.317 e. The lowest BCUT2D eigenvalue weighted by molar-refractivity contribution is 0.182. The molecule has 0 radical (unpaired) electrons. The van der Waals surface area contributed by atoms with Crippen molar-refractivity contribution in [2.75, 3.05) is 14.1 Å². The number of benzene rings is 1. The fourth-order valence-corrected chi connectivity index (χ4v) is 2.94. The van der Waals surface area contributed by atoms with Gasteiger partial charge in [-0.25, -0.2) is 4.39 Å². The Kier molecular flexibility index (Phi) is 4.36. The minimum Gasteiger partial charge on any atom is -0.317 e. The lowest BCUT2D eigenvalue weighted by Crippen LogP contribution is -2.34. The normalized spacial score (nSPS) is 25.6. The molecule has 0 aromatic heterocycles. The summed E-state index contributed by atoms with van der Waals surface area (Å²) in [6, 6.07) is 8.40. The van der Waals surface area contributed by atoms with Crippen molar-refractivity contribution < 1.29 is 4.39 Å². The third-order valence-corrected chi connectivity index (χ3v) is 4.36. The van der Waals surface area contributed by atoms with Gasteiger partial charge in [-0.1, -0.05) is 18.2 Å². The van der Waals surface area contributed by atoms with Crippen molar-refractivity contribution in [2.45, 2.75) is 44.3 Å². The first-order valence-corrected chi connectivity index (χ1v) is 6.77. The summed E-state index contributed by atoms with van der Waals surface area (Å²) in [4.78, 5) is 2.32. The molecule has 18 heavy (non-hydrogen) atoms. The van der Waals surface area contributed by atoms with Crippen LogP contribution in [0.3, 0.4) is 0 Å². The van der Waals surface area contributed by atoms with Gasteiger partial charge in [-0.2, -0.15) is 0 Å². The summed E-state index contributed by atoms with van der Waals surface area (Å²) in [5.74, 6) is -0.0972. The molecule has 1 N–H and O–H groups in total. The SMILES string of the molecule is CNC1CCC(N(C)C(C)c2ccccc2F)C1. The van der Waals surface area contributed by atoms with E-state index < -0.39 is 0 Å². The number of nitrogens with one attached hydrogen (secondary N) is 1. The number of rotatable bonds is 4. The molecule has 0 spiro atoms. The molecular formula is C15H23FN2. The third-order valence-electron chi connectivity index (χ3n) is 4.36. The van der Waals surface area contributed by atoms with Gasteiger partial charge in [-0.3, -0.25) is 4.90 Å². The Labute approximate surface area is 109 Å². The molecule has 0 amide bonds. The summed E-state index contributed by atoms with van der Waals surface area (Å²) < 4.78 is 13.8. The molecule has 1 aliphatic rings. The van der Waals surface area contributed by atoms with E-state index in [4.69, 9.17) is 0 Å². The van der Waals surface area contributed by atoms with Gasteiger partial charge < -0.3 is 5.32 Å². The lowest BCUT2D eigenvalue weighted by Gasteiger charge is -2.31. The molecule has 3 heteroatoms. The fraction of sp³-hybridized carbons (Fsp3) is 0.600. The summed E-state index contributed by atoms with van der Waals surface area (Å²) in [6.45, 7) is 2.09. The first-order chi connectivity index (χ1) is 8.63. The molecule has 2 nitrogen and oxygen atoms in total. The summed E-state index contributed by atoms with van der Waals surface area (Å²) >= 11 is 0. The maximum atomic E-state index is 13.8. The minimum atomic E-state index is -0.0972. The van der Waals surface area contributed by atoms with Crippen LogP contribution in [0.25, 0.3) is 0 Å². The maximum absolute atomic E-state index is 13.8. The highest BCUT2D eigenvalue weighted by Crippen LogP contribution is 2.30. The van der Waals surface area contributed by atoms with Crippen LogP contribution in [0.1, 0.15) is 37.8 Å². The molecule has 1 aliphatic carbocycles. The predicted octanol–water partition coefficient (Wildman–Crippen LogP) is 2.96. The molecule has 2 rings (SSSR count). The topological polar surface area (TPSA) is 15.3 Å². The molecule has 1 fully saturated rings. The van der Waals surface area contributed by atoms with Crippen molar-refractivity contribution in [3.63, 3.8) is 0 Å². The van der Waals surface area contributed by atoms with Gasteiger partial charge in [0.05, 0.1) is 0 Å². The average molecular weight is 250 g/mol. The van der Waals surface area contributed by atoms with Gasteiger partial charge in [0.25, 0.3) is 0 Å². The van der Waals surface area contributed by atoms with E-state index in [-0.39, 0.29) is 11.9 Å². The first-order valence-electron chi connectivity index (χ1n) is 6.77. The summed E-state index contributed by atoms with van der Waals surface area (Å²) in [5, 5.41) is 3.34. The molecule has 3 unspecified atom stereocenters. The molecule has 1 aromatic rings. The molecule has 100 valence electrons. The highest BCUT2D eigenvalue weighted by Gasteiger charge is 2.29.